The fourth-order valence-corrected chi connectivity index (χ4v) is 5.18. The van der Waals surface area contributed by atoms with Gasteiger partial charge in [-0.2, -0.15) is 0 Å². The van der Waals surface area contributed by atoms with Crippen LogP contribution in [0.15, 0.2) is 94.7 Å². The summed E-state index contributed by atoms with van der Waals surface area (Å²) in [4.78, 5) is 7.12. The summed E-state index contributed by atoms with van der Waals surface area (Å²) in [5.74, 6) is 0. The first kappa shape index (κ1) is 21.0. The van der Waals surface area contributed by atoms with Gasteiger partial charge in [-0.15, -0.1) is 23.5 Å². The molecule has 0 aliphatic carbocycles. The highest BCUT2D eigenvalue weighted by atomic mass is 32.2. The topological polar surface area (TPSA) is 6.48 Å². The lowest BCUT2D eigenvalue weighted by Crippen LogP contribution is -2.18. The lowest BCUT2D eigenvalue weighted by atomic mass is 10.1. The third-order valence-corrected chi connectivity index (χ3v) is 7.35. The van der Waals surface area contributed by atoms with Gasteiger partial charge >= 0.3 is 0 Å². The molecule has 3 aromatic rings. The predicted molar refractivity (Wildman–Crippen MR) is 124 cm³/mol. The van der Waals surface area contributed by atoms with Gasteiger partial charge in [-0.05, 0) is 63.6 Å². The van der Waals surface area contributed by atoms with E-state index in [9.17, 15) is 0 Å². The van der Waals surface area contributed by atoms with Gasteiger partial charge in [-0.3, -0.25) is 9.80 Å². The van der Waals surface area contributed by atoms with Crippen molar-refractivity contribution in [1.29, 1.82) is 0 Å². The highest BCUT2D eigenvalue weighted by Gasteiger charge is 2.19. The van der Waals surface area contributed by atoms with E-state index in [4.69, 9.17) is 0 Å². The molecule has 2 unspecified atom stereocenters. The van der Waals surface area contributed by atoms with E-state index in [0.29, 0.717) is 0 Å². The molecule has 0 radical (unpaired) electrons. The Balaban J connectivity index is 1.79. The molecule has 0 spiro atoms. The van der Waals surface area contributed by atoms with Gasteiger partial charge in [-0.1, -0.05) is 60.7 Å². The third-order valence-electron chi connectivity index (χ3n) is 4.43. The maximum atomic E-state index is 2.28. The molecular weight excluding hydrogens is 380 g/mol. The molecule has 0 bridgehead atoms. The number of hydrogen-bond donors (Lipinski definition) is 0. The van der Waals surface area contributed by atoms with Crippen molar-refractivity contribution in [3.8, 4) is 0 Å². The van der Waals surface area contributed by atoms with Crippen molar-refractivity contribution in [2.75, 3.05) is 28.2 Å². The van der Waals surface area contributed by atoms with Crippen molar-refractivity contribution in [2.45, 2.75) is 20.5 Å². The van der Waals surface area contributed by atoms with Crippen molar-refractivity contribution in [2.24, 2.45) is 0 Å². The monoisotopic (exact) mass is 408 g/mol. The molecule has 0 aliphatic heterocycles. The van der Waals surface area contributed by atoms with Gasteiger partial charge in [0, 0.05) is 9.79 Å². The first-order valence-corrected chi connectivity index (χ1v) is 11.2. The van der Waals surface area contributed by atoms with Crippen molar-refractivity contribution in [1.82, 2.24) is 9.80 Å². The summed E-state index contributed by atoms with van der Waals surface area (Å²) in [5, 5.41) is 0.576. The third kappa shape index (κ3) is 5.65. The summed E-state index contributed by atoms with van der Waals surface area (Å²) < 4.78 is 0. The second-order valence-electron chi connectivity index (χ2n) is 7.16. The van der Waals surface area contributed by atoms with E-state index in [-0.39, 0.29) is 10.7 Å². The normalized spacial score (nSPS) is 13.6. The average Bonchev–Trinajstić information content (AvgIpc) is 2.72. The van der Waals surface area contributed by atoms with Gasteiger partial charge in [-0.25, -0.2) is 0 Å². The van der Waals surface area contributed by atoms with Gasteiger partial charge in [0.1, 0.15) is 0 Å². The summed E-state index contributed by atoms with van der Waals surface area (Å²) in [6.45, 7) is 0. The largest absolute Gasteiger partial charge is 0.294 e. The molecule has 0 heterocycles. The van der Waals surface area contributed by atoms with Gasteiger partial charge in [0.15, 0.2) is 0 Å². The number of hydrogen-bond acceptors (Lipinski definition) is 4. The average molecular weight is 409 g/mol. The predicted octanol–water partition coefficient (Wildman–Crippen LogP) is 6.39. The Morgan fingerprint density at radius 3 is 1.11 bits per heavy atom. The number of rotatable bonds is 8. The van der Waals surface area contributed by atoms with Crippen LogP contribution in [0.2, 0.25) is 0 Å². The highest BCUT2D eigenvalue weighted by molar-refractivity contribution is 7.99. The van der Waals surface area contributed by atoms with E-state index < -0.39 is 0 Å². The SMILES string of the molecule is CN(C)C(Sc1ccccc1)c1ccc(C(Sc2ccccc2)N(C)C)cc1. The van der Waals surface area contributed by atoms with Crippen LogP contribution in [0.1, 0.15) is 21.9 Å². The lowest BCUT2D eigenvalue weighted by Gasteiger charge is -2.27. The van der Waals surface area contributed by atoms with E-state index in [1.807, 2.05) is 23.5 Å². The van der Waals surface area contributed by atoms with Crippen LogP contribution >= 0.6 is 23.5 Å². The molecule has 0 saturated carbocycles. The minimum Gasteiger partial charge on any atom is -0.294 e. The Kier molecular flexibility index (Phi) is 7.63. The van der Waals surface area contributed by atoms with E-state index in [1.54, 1.807) is 0 Å². The molecule has 0 aromatic heterocycles. The fraction of sp³-hybridized carbons (Fsp3) is 0.250. The molecule has 0 amide bonds. The van der Waals surface area contributed by atoms with Gasteiger partial charge < -0.3 is 0 Å². The van der Waals surface area contributed by atoms with Crippen molar-refractivity contribution < 1.29 is 0 Å². The molecule has 28 heavy (non-hydrogen) atoms. The van der Waals surface area contributed by atoms with E-state index >= 15 is 0 Å². The summed E-state index contributed by atoms with van der Waals surface area (Å²) in [6.07, 6.45) is 0. The molecule has 3 aromatic carbocycles. The van der Waals surface area contributed by atoms with Gasteiger partial charge in [0.25, 0.3) is 0 Å². The van der Waals surface area contributed by atoms with Gasteiger partial charge in [0.2, 0.25) is 0 Å². The quantitative estimate of drug-likeness (QED) is 0.314. The highest BCUT2D eigenvalue weighted by Crippen LogP contribution is 2.39. The van der Waals surface area contributed by atoms with E-state index in [1.165, 1.54) is 20.9 Å². The molecule has 0 N–H and O–H groups in total. The molecule has 146 valence electrons. The summed E-state index contributed by atoms with van der Waals surface area (Å²) in [5.41, 5.74) is 2.65. The number of thioether (sulfide) groups is 2. The fourth-order valence-electron chi connectivity index (χ4n) is 3.02. The first-order chi connectivity index (χ1) is 13.5. The summed E-state index contributed by atoms with van der Waals surface area (Å²) in [6, 6.07) is 30.3. The number of benzene rings is 3. The minimum absolute atomic E-state index is 0.288. The zero-order chi connectivity index (χ0) is 19.9. The van der Waals surface area contributed by atoms with Crippen LogP contribution in [0.4, 0.5) is 0 Å². The molecule has 0 saturated heterocycles. The van der Waals surface area contributed by atoms with E-state index in [2.05, 4.69) is 123 Å². The molecule has 2 atom stereocenters. The maximum Gasteiger partial charge on any atom is 0.0856 e. The van der Waals surface area contributed by atoms with Crippen LogP contribution in [0, 0.1) is 0 Å². The first-order valence-electron chi connectivity index (χ1n) is 9.40. The van der Waals surface area contributed by atoms with Crippen molar-refractivity contribution in [3.05, 3.63) is 96.1 Å². The Morgan fingerprint density at radius 2 is 0.821 bits per heavy atom. The second-order valence-corrected chi connectivity index (χ2v) is 9.47. The van der Waals surface area contributed by atoms with Crippen LogP contribution in [-0.4, -0.2) is 38.0 Å². The molecule has 0 fully saturated rings. The minimum atomic E-state index is 0.288. The molecule has 4 heteroatoms. The van der Waals surface area contributed by atoms with Crippen LogP contribution in [-0.2, 0) is 0 Å². The number of nitrogens with zero attached hydrogens (tertiary/aromatic N) is 2. The zero-order valence-electron chi connectivity index (χ0n) is 16.9. The molecule has 3 rings (SSSR count). The molecule has 0 aliphatic rings. The van der Waals surface area contributed by atoms with Gasteiger partial charge in [0.05, 0.1) is 10.7 Å². The zero-order valence-corrected chi connectivity index (χ0v) is 18.6. The second kappa shape index (κ2) is 10.2. The molecular formula is C24H28N2S2. The van der Waals surface area contributed by atoms with E-state index in [0.717, 1.165) is 0 Å². The summed E-state index contributed by atoms with van der Waals surface area (Å²) in [7, 11) is 8.57. The Bertz CT molecular complexity index is 761. The Hall–Kier alpha value is -1.72. The van der Waals surface area contributed by atoms with Crippen LogP contribution < -0.4 is 0 Å². The van der Waals surface area contributed by atoms with Crippen LogP contribution in [0.25, 0.3) is 0 Å². The van der Waals surface area contributed by atoms with Crippen molar-refractivity contribution in [3.63, 3.8) is 0 Å². The Labute approximate surface area is 178 Å². The van der Waals surface area contributed by atoms with Crippen LogP contribution in [0.5, 0.6) is 0 Å². The van der Waals surface area contributed by atoms with Crippen LogP contribution in [0.3, 0.4) is 0 Å². The standard InChI is InChI=1S/C24H28N2S2/c1-25(2)23(27-21-11-7-5-8-12-21)19-15-17-20(18-16-19)24(26(3)4)28-22-13-9-6-10-14-22/h5-18,23-24H,1-4H3. The summed E-state index contributed by atoms with van der Waals surface area (Å²) >= 11 is 3.77. The van der Waals surface area contributed by atoms with Crippen molar-refractivity contribution >= 4 is 23.5 Å². The molecule has 2 nitrogen and oxygen atoms in total. The Morgan fingerprint density at radius 1 is 0.500 bits per heavy atom. The maximum absolute atomic E-state index is 2.28. The lowest BCUT2D eigenvalue weighted by molar-refractivity contribution is 0.387. The smallest absolute Gasteiger partial charge is 0.0856 e.